The minimum atomic E-state index is -0.149. The van der Waals surface area contributed by atoms with Gasteiger partial charge < -0.3 is 19.9 Å². The van der Waals surface area contributed by atoms with E-state index in [0.717, 1.165) is 43.0 Å². The highest BCUT2D eigenvalue weighted by atomic mass is 16.7. The molecule has 2 aliphatic heterocycles. The van der Waals surface area contributed by atoms with Crippen LogP contribution in [0, 0.1) is 5.92 Å². The summed E-state index contributed by atoms with van der Waals surface area (Å²) in [4.78, 5) is 14.5. The van der Waals surface area contributed by atoms with Crippen molar-refractivity contribution in [3.05, 3.63) is 23.8 Å². The average Bonchev–Trinajstić information content (AvgIpc) is 3.06. The van der Waals surface area contributed by atoms with E-state index in [2.05, 4.69) is 10.2 Å². The highest BCUT2D eigenvalue weighted by molar-refractivity contribution is 5.81. The molecule has 1 saturated heterocycles. The van der Waals surface area contributed by atoms with E-state index >= 15 is 0 Å². The number of fused-ring (bicyclic) bond motifs is 1. The van der Waals surface area contributed by atoms with Gasteiger partial charge in [-0.15, -0.1) is 0 Å². The van der Waals surface area contributed by atoms with Crippen LogP contribution in [0.25, 0.3) is 0 Å². The number of amides is 1. The van der Waals surface area contributed by atoms with Crippen LogP contribution in [0.2, 0.25) is 0 Å². The summed E-state index contributed by atoms with van der Waals surface area (Å²) in [6.45, 7) is 4.65. The number of likely N-dealkylation sites (tertiary alicyclic amines) is 1. The Morgan fingerprint density at radius 1 is 1.35 bits per heavy atom. The van der Waals surface area contributed by atoms with E-state index in [9.17, 15) is 9.90 Å². The van der Waals surface area contributed by atoms with E-state index in [-0.39, 0.29) is 25.3 Å². The number of ether oxygens (including phenoxy) is 2. The Bertz CT molecular complexity index is 556. The van der Waals surface area contributed by atoms with Crippen LogP contribution in [0.4, 0.5) is 0 Å². The van der Waals surface area contributed by atoms with Crippen molar-refractivity contribution >= 4 is 5.91 Å². The van der Waals surface area contributed by atoms with Gasteiger partial charge >= 0.3 is 0 Å². The molecule has 23 heavy (non-hydrogen) atoms. The predicted octanol–water partition coefficient (Wildman–Crippen LogP) is 1.12. The summed E-state index contributed by atoms with van der Waals surface area (Å²) in [6, 6.07) is 5.56. The molecule has 1 aromatic rings. The summed E-state index contributed by atoms with van der Waals surface area (Å²) in [6.07, 6.45) is 1.91. The van der Waals surface area contributed by atoms with Crippen molar-refractivity contribution in [1.29, 1.82) is 0 Å². The number of nitrogens with zero attached hydrogens (tertiary/aromatic N) is 1. The van der Waals surface area contributed by atoms with E-state index in [4.69, 9.17) is 9.47 Å². The molecule has 2 N–H and O–H groups in total. The molecule has 0 aliphatic carbocycles. The normalized spacial score (nSPS) is 19.6. The van der Waals surface area contributed by atoms with Crippen molar-refractivity contribution in [2.24, 2.45) is 5.92 Å². The van der Waals surface area contributed by atoms with Gasteiger partial charge in [0.25, 0.3) is 0 Å². The Kier molecular flexibility index (Phi) is 5.03. The maximum atomic E-state index is 12.3. The number of aliphatic hydroxyl groups excluding tert-OH is 1. The molecule has 1 fully saturated rings. The number of nitrogens with one attached hydrogen (secondary N) is 1. The molecule has 1 aromatic carbocycles. The Balaban J connectivity index is 1.49. The second-order valence-electron chi connectivity index (χ2n) is 6.24. The van der Waals surface area contributed by atoms with Gasteiger partial charge in [0.15, 0.2) is 11.5 Å². The monoisotopic (exact) mass is 320 g/mol. The minimum Gasteiger partial charge on any atom is -0.454 e. The molecule has 2 aliphatic rings. The topological polar surface area (TPSA) is 71.0 Å². The third-order valence-corrected chi connectivity index (χ3v) is 4.74. The second-order valence-corrected chi connectivity index (χ2v) is 6.24. The Morgan fingerprint density at radius 2 is 2.09 bits per heavy atom. The van der Waals surface area contributed by atoms with E-state index in [1.54, 1.807) is 0 Å². The van der Waals surface area contributed by atoms with Crippen LogP contribution in [-0.2, 0) is 11.3 Å². The first-order valence-corrected chi connectivity index (χ1v) is 8.18. The van der Waals surface area contributed by atoms with Crippen molar-refractivity contribution in [1.82, 2.24) is 10.2 Å². The fraction of sp³-hybridized carbons (Fsp3) is 0.588. The number of rotatable bonds is 5. The zero-order chi connectivity index (χ0) is 16.2. The summed E-state index contributed by atoms with van der Waals surface area (Å²) in [5.41, 5.74) is 0.994. The molecule has 0 radical (unpaired) electrons. The van der Waals surface area contributed by atoms with Gasteiger partial charge in [-0.2, -0.15) is 0 Å². The lowest BCUT2D eigenvalue weighted by molar-refractivity contribution is -0.126. The molecule has 0 saturated carbocycles. The van der Waals surface area contributed by atoms with E-state index in [1.165, 1.54) is 0 Å². The maximum absolute atomic E-state index is 12.3. The lowest BCUT2D eigenvalue weighted by atomic mass is 9.97. The van der Waals surface area contributed by atoms with E-state index < -0.39 is 0 Å². The van der Waals surface area contributed by atoms with Gasteiger partial charge in [0, 0.05) is 13.2 Å². The minimum absolute atomic E-state index is 0.0325. The molecule has 0 spiro atoms. The van der Waals surface area contributed by atoms with Crippen LogP contribution < -0.4 is 14.8 Å². The fourth-order valence-corrected chi connectivity index (χ4v) is 3.08. The number of carbonyl (C=O) groups excluding carboxylic acids is 1. The number of hydrogen-bond donors (Lipinski definition) is 2. The molecule has 2 heterocycles. The van der Waals surface area contributed by atoms with Gasteiger partial charge in [-0.05, 0) is 56.5 Å². The summed E-state index contributed by atoms with van der Waals surface area (Å²) in [5, 5.41) is 12.2. The third kappa shape index (κ3) is 3.76. The highest BCUT2D eigenvalue weighted by Crippen LogP contribution is 2.32. The number of hydrogen-bond acceptors (Lipinski definition) is 5. The number of aliphatic hydroxyl groups is 1. The second kappa shape index (κ2) is 7.19. The maximum Gasteiger partial charge on any atom is 0.237 e. The van der Waals surface area contributed by atoms with Crippen molar-refractivity contribution < 1.29 is 19.4 Å². The number of benzene rings is 1. The van der Waals surface area contributed by atoms with Gasteiger partial charge in [0.1, 0.15) is 0 Å². The largest absolute Gasteiger partial charge is 0.454 e. The van der Waals surface area contributed by atoms with Crippen LogP contribution in [0.5, 0.6) is 11.5 Å². The van der Waals surface area contributed by atoms with Crippen molar-refractivity contribution in [3.63, 3.8) is 0 Å². The van der Waals surface area contributed by atoms with Gasteiger partial charge in [-0.25, -0.2) is 0 Å². The molecular formula is C17H24N2O4. The number of carbonyl (C=O) groups is 1. The summed E-state index contributed by atoms with van der Waals surface area (Å²) < 4.78 is 10.6. The predicted molar refractivity (Wildman–Crippen MR) is 85.3 cm³/mol. The lowest BCUT2D eigenvalue weighted by Gasteiger charge is -2.34. The Hall–Kier alpha value is -1.79. The van der Waals surface area contributed by atoms with Gasteiger partial charge in [0.05, 0.1) is 6.04 Å². The first-order chi connectivity index (χ1) is 11.2. The highest BCUT2D eigenvalue weighted by Gasteiger charge is 2.26. The van der Waals surface area contributed by atoms with Crippen molar-refractivity contribution in [2.45, 2.75) is 32.4 Å². The molecule has 6 nitrogen and oxygen atoms in total. The molecule has 0 aromatic heterocycles. The first-order valence-electron chi connectivity index (χ1n) is 8.18. The summed E-state index contributed by atoms with van der Waals surface area (Å²) in [5.74, 6) is 1.90. The van der Waals surface area contributed by atoms with Crippen molar-refractivity contribution in [3.8, 4) is 11.5 Å². The van der Waals surface area contributed by atoms with Crippen LogP contribution in [0.1, 0.15) is 25.3 Å². The molecule has 6 heteroatoms. The lowest BCUT2D eigenvalue weighted by Crippen LogP contribution is -2.48. The first kappa shape index (κ1) is 16.1. The van der Waals surface area contributed by atoms with Crippen LogP contribution >= 0.6 is 0 Å². The van der Waals surface area contributed by atoms with E-state index in [1.807, 2.05) is 25.1 Å². The van der Waals surface area contributed by atoms with Gasteiger partial charge in [-0.3, -0.25) is 9.69 Å². The van der Waals surface area contributed by atoms with Gasteiger partial charge in [0.2, 0.25) is 12.7 Å². The van der Waals surface area contributed by atoms with E-state index in [0.29, 0.717) is 12.5 Å². The molecule has 126 valence electrons. The Morgan fingerprint density at radius 3 is 2.83 bits per heavy atom. The molecular weight excluding hydrogens is 296 g/mol. The molecule has 1 atom stereocenters. The standard InChI is InChI=1S/C17H24N2O4/c1-12(19-6-4-13(10-20)5-7-19)17(21)18-9-14-2-3-15-16(8-14)23-11-22-15/h2-3,8,12-13,20H,4-7,9-11H2,1H3,(H,18,21). The SMILES string of the molecule is CC(C(=O)NCc1ccc2c(c1)OCO2)N1CCC(CO)CC1. The zero-order valence-corrected chi connectivity index (χ0v) is 13.5. The zero-order valence-electron chi connectivity index (χ0n) is 13.5. The summed E-state index contributed by atoms with van der Waals surface area (Å²) in [7, 11) is 0. The molecule has 3 rings (SSSR count). The van der Waals surface area contributed by atoms with Crippen LogP contribution in [-0.4, -0.2) is 48.4 Å². The molecule has 0 bridgehead atoms. The fourth-order valence-electron chi connectivity index (χ4n) is 3.08. The molecule has 1 unspecified atom stereocenters. The van der Waals surface area contributed by atoms with Crippen molar-refractivity contribution in [2.75, 3.05) is 26.5 Å². The van der Waals surface area contributed by atoms with Crippen LogP contribution in [0.15, 0.2) is 18.2 Å². The molecule has 1 amide bonds. The van der Waals surface area contributed by atoms with Crippen LogP contribution in [0.3, 0.4) is 0 Å². The Labute approximate surface area is 136 Å². The van der Waals surface area contributed by atoms with Gasteiger partial charge in [-0.1, -0.05) is 6.07 Å². The summed E-state index contributed by atoms with van der Waals surface area (Å²) >= 11 is 0. The average molecular weight is 320 g/mol. The smallest absolute Gasteiger partial charge is 0.237 e. The number of piperidine rings is 1. The quantitative estimate of drug-likeness (QED) is 0.851. The third-order valence-electron chi connectivity index (χ3n) is 4.74.